The zero-order valence-corrected chi connectivity index (χ0v) is 10.7. The molecule has 1 aromatic rings. The second kappa shape index (κ2) is 4.59. The Morgan fingerprint density at radius 2 is 2.32 bits per heavy atom. The Balaban J connectivity index is 1.84. The highest BCUT2D eigenvalue weighted by atomic mass is 16.6. The Hall–Kier alpha value is -1.44. The van der Waals surface area contributed by atoms with E-state index in [4.69, 9.17) is 15.2 Å². The number of nitrogens with zero attached hydrogens (tertiary/aromatic N) is 2. The fourth-order valence-electron chi connectivity index (χ4n) is 2.48. The fourth-order valence-corrected chi connectivity index (χ4v) is 2.48. The van der Waals surface area contributed by atoms with Crippen molar-refractivity contribution in [2.45, 2.75) is 44.3 Å². The molecule has 104 valence electrons. The molecule has 7 heteroatoms. The van der Waals surface area contributed by atoms with Gasteiger partial charge in [-0.1, -0.05) is 0 Å². The molecular formula is C12H17N3O4. The summed E-state index contributed by atoms with van der Waals surface area (Å²) in [5, 5.41) is 10.0. The molecule has 3 heterocycles. The van der Waals surface area contributed by atoms with Crippen LogP contribution in [0.1, 0.15) is 24.6 Å². The number of aryl methyl sites for hydroxylation is 1. The first kappa shape index (κ1) is 12.6. The Morgan fingerprint density at radius 1 is 1.58 bits per heavy atom. The summed E-state index contributed by atoms with van der Waals surface area (Å²) in [4.78, 5) is 15.6. The molecule has 0 bridgehead atoms. The van der Waals surface area contributed by atoms with Crippen molar-refractivity contribution in [2.24, 2.45) is 0 Å². The molecule has 4 atom stereocenters. The molecule has 1 aromatic heterocycles. The van der Waals surface area contributed by atoms with Gasteiger partial charge in [0.2, 0.25) is 0 Å². The van der Waals surface area contributed by atoms with Crippen LogP contribution in [0.2, 0.25) is 0 Å². The predicted molar refractivity (Wildman–Crippen MR) is 66.5 cm³/mol. The number of ether oxygens (including phenoxy) is 2. The van der Waals surface area contributed by atoms with E-state index in [0.29, 0.717) is 18.6 Å². The van der Waals surface area contributed by atoms with Gasteiger partial charge in [0.1, 0.15) is 18.1 Å². The largest absolute Gasteiger partial charge is 0.390 e. The molecule has 7 nitrogen and oxygen atoms in total. The quantitative estimate of drug-likeness (QED) is 0.754. The number of nitrogen functional groups attached to an aromatic ring is 1. The van der Waals surface area contributed by atoms with Crippen molar-refractivity contribution < 1.29 is 14.6 Å². The van der Waals surface area contributed by atoms with E-state index in [1.807, 2.05) is 0 Å². The van der Waals surface area contributed by atoms with E-state index in [1.165, 1.54) is 4.57 Å². The van der Waals surface area contributed by atoms with E-state index in [-0.39, 0.29) is 18.0 Å². The van der Waals surface area contributed by atoms with E-state index in [2.05, 4.69) is 4.98 Å². The number of rotatable bonds is 2. The van der Waals surface area contributed by atoms with Gasteiger partial charge in [0.15, 0.2) is 0 Å². The topological polar surface area (TPSA) is 99.6 Å². The molecule has 1 unspecified atom stereocenters. The van der Waals surface area contributed by atoms with Crippen LogP contribution >= 0.6 is 0 Å². The van der Waals surface area contributed by atoms with Gasteiger partial charge in [0.25, 0.3) is 0 Å². The summed E-state index contributed by atoms with van der Waals surface area (Å²) in [5.74, 6) is 0.221. The van der Waals surface area contributed by atoms with Crippen LogP contribution in [0.3, 0.4) is 0 Å². The van der Waals surface area contributed by atoms with Crippen molar-refractivity contribution in [2.75, 3.05) is 12.3 Å². The van der Waals surface area contributed by atoms with Gasteiger partial charge in [-0.3, -0.25) is 4.57 Å². The summed E-state index contributed by atoms with van der Waals surface area (Å²) >= 11 is 0. The molecule has 2 aliphatic rings. The maximum Gasteiger partial charge on any atom is 0.351 e. The van der Waals surface area contributed by atoms with Gasteiger partial charge in [0.05, 0.1) is 12.2 Å². The number of anilines is 1. The van der Waals surface area contributed by atoms with E-state index >= 15 is 0 Å². The molecule has 2 fully saturated rings. The molecule has 2 saturated heterocycles. The van der Waals surface area contributed by atoms with Crippen LogP contribution in [0.5, 0.6) is 0 Å². The van der Waals surface area contributed by atoms with Crippen molar-refractivity contribution in [3.63, 3.8) is 0 Å². The molecule has 0 aliphatic carbocycles. The van der Waals surface area contributed by atoms with Crippen LogP contribution in [0.15, 0.2) is 11.0 Å². The van der Waals surface area contributed by atoms with Gasteiger partial charge in [-0.25, -0.2) is 4.79 Å². The summed E-state index contributed by atoms with van der Waals surface area (Å²) in [6.45, 7) is 2.47. The third-order valence-corrected chi connectivity index (χ3v) is 3.72. The average molecular weight is 267 g/mol. The Kier molecular flexibility index (Phi) is 3.04. The van der Waals surface area contributed by atoms with Gasteiger partial charge < -0.3 is 20.3 Å². The first-order valence-electron chi connectivity index (χ1n) is 6.36. The summed E-state index contributed by atoms with van der Waals surface area (Å²) < 4.78 is 12.5. The smallest absolute Gasteiger partial charge is 0.351 e. The van der Waals surface area contributed by atoms with E-state index in [1.54, 1.807) is 13.1 Å². The monoisotopic (exact) mass is 267 g/mol. The molecule has 0 saturated carbocycles. The van der Waals surface area contributed by atoms with E-state index in [9.17, 15) is 9.90 Å². The predicted octanol–water partition coefficient (Wildman–Crippen LogP) is -0.429. The molecule has 19 heavy (non-hydrogen) atoms. The second-order valence-corrected chi connectivity index (χ2v) is 5.06. The van der Waals surface area contributed by atoms with Crippen molar-refractivity contribution >= 4 is 5.82 Å². The minimum absolute atomic E-state index is 0.0708. The van der Waals surface area contributed by atoms with Gasteiger partial charge in [-0.2, -0.15) is 4.98 Å². The lowest BCUT2D eigenvalue weighted by molar-refractivity contribution is -0.159. The molecule has 0 spiro atoms. The fraction of sp³-hybridized carbons (Fsp3) is 0.667. The highest BCUT2D eigenvalue weighted by molar-refractivity contribution is 5.35. The Labute approximate surface area is 110 Å². The Bertz CT molecular complexity index is 540. The van der Waals surface area contributed by atoms with E-state index in [0.717, 1.165) is 6.42 Å². The zero-order chi connectivity index (χ0) is 13.6. The van der Waals surface area contributed by atoms with Crippen molar-refractivity contribution in [1.82, 2.24) is 9.55 Å². The first-order chi connectivity index (χ1) is 9.06. The highest BCUT2D eigenvalue weighted by Gasteiger charge is 2.43. The number of hydrogen-bond acceptors (Lipinski definition) is 6. The molecule has 0 radical (unpaired) electrons. The maximum atomic E-state index is 11.8. The Morgan fingerprint density at radius 3 is 2.95 bits per heavy atom. The maximum absolute atomic E-state index is 11.8. The number of hydrogen-bond donors (Lipinski definition) is 2. The number of aliphatic hydroxyl groups excluding tert-OH is 1. The van der Waals surface area contributed by atoms with Crippen LogP contribution < -0.4 is 11.4 Å². The lowest BCUT2D eigenvalue weighted by Gasteiger charge is -2.32. The van der Waals surface area contributed by atoms with E-state index < -0.39 is 18.0 Å². The lowest BCUT2D eigenvalue weighted by Crippen LogP contribution is -2.43. The van der Waals surface area contributed by atoms with Crippen LogP contribution in [0.25, 0.3) is 0 Å². The molecule has 3 rings (SSSR count). The van der Waals surface area contributed by atoms with Crippen molar-refractivity contribution in [1.29, 1.82) is 0 Å². The van der Waals surface area contributed by atoms with Crippen LogP contribution in [0, 0.1) is 6.92 Å². The zero-order valence-electron chi connectivity index (χ0n) is 10.7. The average Bonchev–Trinajstić information content (AvgIpc) is 2.64. The van der Waals surface area contributed by atoms with Gasteiger partial charge >= 0.3 is 5.69 Å². The summed E-state index contributed by atoms with van der Waals surface area (Å²) in [5.41, 5.74) is 5.83. The van der Waals surface area contributed by atoms with Gasteiger partial charge in [-0.05, 0) is 13.3 Å². The van der Waals surface area contributed by atoms with Crippen molar-refractivity contribution in [3.8, 4) is 0 Å². The molecule has 3 N–H and O–H groups in total. The number of aliphatic hydroxyl groups is 1. The van der Waals surface area contributed by atoms with Crippen LogP contribution in [-0.4, -0.2) is 39.6 Å². The van der Waals surface area contributed by atoms with Gasteiger partial charge in [0, 0.05) is 24.8 Å². The van der Waals surface area contributed by atoms with Gasteiger partial charge in [-0.15, -0.1) is 0 Å². The highest BCUT2D eigenvalue weighted by Crippen LogP contribution is 2.34. The summed E-state index contributed by atoms with van der Waals surface area (Å²) in [7, 11) is 0. The molecule has 0 aromatic carbocycles. The molecule has 0 amide bonds. The normalized spacial score (nSPS) is 34.2. The standard InChI is InChI=1S/C12H17N3O4/c1-6-5-15(12(17)14-11(6)13)9-4-7(16)10(19-9)8-2-3-18-8/h5,7-10,16H,2-4H2,1H3,(H2,13,14,17)/t7-,8?,9+,10-/m0/s1. The van der Waals surface area contributed by atoms with Crippen LogP contribution in [-0.2, 0) is 9.47 Å². The SMILES string of the molecule is Cc1cn([C@H]2C[C@H](O)[C@@H](C3CCO3)O2)c(=O)nc1N. The first-order valence-corrected chi connectivity index (χ1v) is 6.36. The summed E-state index contributed by atoms with van der Waals surface area (Å²) in [6, 6.07) is 0. The number of aromatic nitrogens is 2. The van der Waals surface area contributed by atoms with Crippen LogP contribution in [0.4, 0.5) is 5.82 Å². The third kappa shape index (κ3) is 2.13. The number of nitrogens with two attached hydrogens (primary N) is 1. The minimum Gasteiger partial charge on any atom is -0.390 e. The van der Waals surface area contributed by atoms with Crippen molar-refractivity contribution in [3.05, 3.63) is 22.2 Å². The summed E-state index contributed by atoms with van der Waals surface area (Å²) in [6.07, 6.45) is 1.27. The lowest BCUT2D eigenvalue weighted by atomic mass is 10.0. The molecule has 2 aliphatic heterocycles. The third-order valence-electron chi connectivity index (χ3n) is 3.72. The minimum atomic E-state index is -0.625. The molecular weight excluding hydrogens is 250 g/mol. The second-order valence-electron chi connectivity index (χ2n) is 5.06.